The lowest BCUT2D eigenvalue weighted by Crippen LogP contribution is -2.36. The van der Waals surface area contributed by atoms with Crippen LogP contribution in [-0.4, -0.2) is 38.8 Å². The summed E-state index contributed by atoms with van der Waals surface area (Å²) in [6.07, 6.45) is 1.55. The van der Waals surface area contributed by atoms with Crippen LogP contribution < -0.4 is 9.80 Å². The Balaban J connectivity index is 1.87. The molecule has 2 heterocycles. The molecule has 1 aromatic carbocycles. The molecule has 0 bridgehead atoms. The largest absolute Gasteiger partial charge is 0.378 e. The van der Waals surface area contributed by atoms with Crippen LogP contribution in [0.2, 0.25) is 0 Å². The van der Waals surface area contributed by atoms with Crippen molar-refractivity contribution in [3.05, 3.63) is 23.8 Å². The van der Waals surface area contributed by atoms with Gasteiger partial charge in [0.25, 0.3) is 0 Å². The smallest absolute Gasteiger partial charge is 0.226 e. The molecule has 0 N–H and O–H groups in total. The van der Waals surface area contributed by atoms with Crippen LogP contribution in [0.15, 0.2) is 18.2 Å². The van der Waals surface area contributed by atoms with Crippen molar-refractivity contribution in [2.24, 2.45) is 0 Å². The van der Waals surface area contributed by atoms with Crippen LogP contribution in [-0.2, 0) is 16.0 Å². The summed E-state index contributed by atoms with van der Waals surface area (Å²) >= 11 is 0. The molecule has 1 saturated heterocycles. The van der Waals surface area contributed by atoms with Gasteiger partial charge in [0.15, 0.2) is 0 Å². The van der Waals surface area contributed by atoms with Gasteiger partial charge >= 0.3 is 0 Å². The number of amides is 1. The summed E-state index contributed by atoms with van der Waals surface area (Å²) < 4.78 is 5.38. The quantitative estimate of drug-likeness (QED) is 0.813. The lowest BCUT2D eigenvalue weighted by Gasteiger charge is -2.29. The fraction of sp³-hybridized carbons (Fsp3) is 0.533. The minimum Gasteiger partial charge on any atom is -0.378 e. The molecule has 0 aliphatic carbocycles. The Bertz CT molecular complexity index is 481. The van der Waals surface area contributed by atoms with Crippen LogP contribution >= 0.6 is 0 Å². The number of morpholine rings is 1. The van der Waals surface area contributed by atoms with Crippen LogP contribution in [0, 0.1) is 0 Å². The van der Waals surface area contributed by atoms with Gasteiger partial charge in [0.1, 0.15) is 0 Å². The van der Waals surface area contributed by atoms with Crippen molar-refractivity contribution in [1.82, 2.24) is 0 Å². The third kappa shape index (κ3) is 2.32. The summed E-state index contributed by atoms with van der Waals surface area (Å²) in [7, 11) is 0. The standard InChI is InChI=1S/C15H20N2O2/c1-2-15(18)17-6-5-12-3-4-13(11-14(12)17)16-7-9-19-10-8-16/h3-4,11H,2,5-10H2,1H3. The third-order valence-corrected chi connectivity index (χ3v) is 3.94. The predicted octanol–water partition coefficient (Wildman–Crippen LogP) is 1.82. The molecule has 1 fully saturated rings. The number of fused-ring (bicyclic) bond motifs is 1. The molecule has 4 nitrogen and oxygen atoms in total. The number of hydrogen-bond donors (Lipinski definition) is 0. The van der Waals surface area contributed by atoms with Crippen molar-refractivity contribution < 1.29 is 9.53 Å². The molecular formula is C15H20N2O2. The first-order valence-electron chi connectivity index (χ1n) is 7.05. The summed E-state index contributed by atoms with van der Waals surface area (Å²) in [4.78, 5) is 16.2. The van der Waals surface area contributed by atoms with Crippen LogP contribution in [0.1, 0.15) is 18.9 Å². The first-order valence-corrected chi connectivity index (χ1v) is 7.05. The van der Waals surface area contributed by atoms with Crippen molar-refractivity contribution in [1.29, 1.82) is 0 Å². The van der Waals surface area contributed by atoms with E-state index in [-0.39, 0.29) is 5.91 Å². The molecule has 2 aliphatic heterocycles. The lowest BCUT2D eigenvalue weighted by molar-refractivity contribution is -0.118. The topological polar surface area (TPSA) is 32.8 Å². The number of ether oxygens (including phenoxy) is 1. The molecule has 0 radical (unpaired) electrons. The number of hydrogen-bond acceptors (Lipinski definition) is 3. The van der Waals surface area contributed by atoms with Gasteiger partial charge in [-0.3, -0.25) is 4.79 Å². The van der Waals surface area contributed by atoms with E-state index in [2.05, 4.69) is 23.1 Å². The van der Waals surface area contributed by atoms with Gasteiger partial charge in [0, 0.05) is 37.4 Å². The second-order valence-electron chi connectivity index (χ2n) is 5.06. The minimum absolute atomic E-state index is 0.220. The Labute approximate surface area is 113 Å². The highest BCUT2D eigenvalue weighted by molar-refractivity contribution is 5.95. The van der Waals surface area contributed by atoms with E-state index in [1.807, 2.05) is 11.8 Å². The van der Waals surface area contributed by atoms with Crippen LogP contribution in [0.25, 0.3) is 0 Å². The summed E-state index contributed by atoms with van der Waals surface area (Å²) in [6, 6.07) is 6.51. The lowest BCUT2D eigenvalue weighted by atomic mass is 10.1. The zero-order valence-electron chi connectivity index (χ0n) is 11.4. The first kappa shape index (κ1) is 12.5. The van der Waals surface area contributed by atoms with E-state index in [9.17, 15) is 4.79 Å². The molecule has 1 amide bonds. The summed E-state index contributed by atoms with van der Waals surface area (Å²) in [5.41, 5.74) is 3.60. The van der Waals surface area contributed by atoms with Gasteiger partial charge in [0.05, 0.1) is 13.2 Å². The SMILES string of the molecule is CCC(=O)N1CCc2ccc(N3CCOCC3)cc21. The van der Waals surface area contributed by atoms with Crippen molar-refractivity contribution in [3.63, 3.8) is 0 Å². The van der Waals surface area contributed by atoms with Crippen LogP contribution in [0.3, 0.4) is 0 Å². The highest BCUT2D eigenvalue weighted by Gasteiger charge is 2.24. The molecule has 4 heteroatoms. The second kappa shape index (κ2) is 5.21. The number of anilines is 2. The molecule has 19 heavy (non-hydrogen) atoms. The van der Waals surface area contributed by atoms with E-state index in [0.717, 1.165) is 45.0 Å². The highest BCUT2D eigenvalue weighted by Crippen LogP contribution is 2.32. The molecule has 2 aliphatic rings. The van der Waals surface area contributed by atoms with E-state index in [4.69, 9.17) is 4.74 Å². The van der Waals surface area contributed by atoms with E-state index in [1.54, 1.807) is 0 Å². The maximum absolute atomic E-state index is 12.0. The number of nitrogens with zero attached hydrogens (tertiary/aromatic N) is 2. The average molecular weight is 260 g/mol. The van der Waals surface area contributed by atoms with E-state index in [0.29, 0.717) is 6.42 Å². The number of rotatable bonds is 2. The summed E-state index contributed by atoms with van der Waals surface area (Å²) in [5.74, 6) is 0.220. The Morgan fingerprint density at radius 3 is 2.79 bits per heavy atom. The third-order valence-electron chi connectivity index (χ3n) is 3.94. The zero-order valence-corrected chi connectivity index (χ0v) is 11.4. The van der Waals surface area contributed by atoms with Gasteiger partial charge in [-0.05, 0) is 24.1 Å². The number of benzene rings is 1. The van der Waals surface area contributed by atoms with Crippen molar-refractivity contribution in [2.75, 3.05) is 42.6 Å². The molecule has 102 valence electrons. The fourth-order valence-electron chi connectivity index (χ4n) is 2.84. The monoisotopic (exact) mass is 260 g/mol. The Hall–Kier alpha value is -1.55. The van der Waals surface area contributed by atoms with Crippen molar-refractivity contribution >= 4 is 17.3 Å². The van der Waals surface area contributed by atoms with E-state index >= 15 is 0 Å². The molecule has 0 unspecified atom stereocenters. The fourth-order valence-corrected chi connectivity index (χ4v) is 2.84. The van der Waals surface area contributed by atoms with Gasteiger partial charge in [-0.1, -0.05) is 13.0 Å². The van der Waals surface area contributed by atoms with Gasteiger partial charge in [-0.2, -0.15) is 0 Å². The Kier molecular flexibility index (Phi) is 3.42. The van der Waals surface area contributed by atoms with Crippen LogP contribution in [0.4, 0.5) is 11.4 Å². The minimum atomic E-state index is 0.220. The predicted molar refractivity (Wildman–Crippen MR) is 75.8 cm³/mol. The maximum Gasteiger partial charge on any atom is 0.226 e. The Morgan fingerprint density at radius 2 is 2.05 bits per heavy atom. The Morgan fingerprint density at radius 1 is 1.26 bits per heavy atom. The first-order chi connectivity index (χ1) is 9.29. The molecule has 0 saturated carbocycles. The molecule has 1 aromatic rings. The van der Waals surface area contributed by atoms with Crippen molar-refractivity contribution in [2.45, 2.75) is 19.8 Å². The van der Waals surface area contributed by atoms with Gasteiger partial charge in [-0.25, -0.2) is 0 Å². The summed E-state index contributed by atoms with van der Waals surface area (Å²) in [5, 5.41) is 0. The maximum atomic E-state index is 12.0. The summed E-state index contributed by atoms with van der Waals surface area (Å²) in [6.45, 7) is 6.19. The zero-order chi connectivity index (χ0) is 13.2. The molecule has 0 spiro atoms. The van der Waals surface area contributed by atoms with Crippen molar-refractivity contribution in [3.8, 4) is 0 Å². The van der Waals surface area contributed by atoms with Gasteiger partial charge in [0.2, 0.25) is 5.91 Å². The van der Waals surface area contributed by atoms with Gasteiger partial charge < -0.3 is 14.5 Å². The molecule has 3 rings (SSSR count). The number of carbonyl (C=O) groups excluding carboxylic acids is 1. The van der Waals surface area contributed by atoms with E-state index < -0.39 is 0 Å². The molecular weight excluding hydrogens is 240 g/mol. The second-order valence-corrected chi connectivity index (χ2v) is 5.06. The van der Waals surface area contributed by atoms with Crippen LogP contribution in [0.5, 0.6) is 0 Å². The van der Waals surface area contributed by atoms with Gasteiger partial charge in [-0.15, -0.1) is 0 Å². The normalized spacial score (nSPS) is 18.6. The highest BCUT2D eigenvalue weighted by atomic mass is 16.5. The average Bonchev–Trinajstić information content (AvgIpc) is 2.90. The molecule has 0 aromatic heterocycles. The van der Waals surface area contributed by atoms with E-state index in [1.165, 1.54) is 11.3 Å². The molecule has 0 atom stereocenters. The number of carbonyl (C=O) groups is 1.